The molecule has 0 saturated heterocycles. The summed E-state index contributed by atoms with van der Waals surface area (Å²) in [6, 6.07) is 7.87. The van der Waals surface area contributed by atoms with Gasteiger partial charge in [-0.3, -0.25) is 4.79 Å². The summed E-state index contributed by atoms with van der Waals surface area (Å²) < 4.78 is 9.87. The number of furan rings is 1. The van der Waals surface area contributed by atoms with Gasteiger partial charge >= 0.3 is 5.91 Å². The molecule has 0 radical (unpaired) electrons. The molecule has 0 aliphatic rings. The van der Waals surface area contributed by atoms with E-state index in [1.54, 1.807) is 18.2 Å². The second-order valence-corrected chi connectivity index (χ2v) is 3.61. The maximum Gasteiger partial charge on any atom is 0.307 e. The Labute approximate surface area is 109 Å². The minimum absolute atomic E-state index is 0.0410. The number of aromatic hydroxyl groups is 1. The summed E-state index contributed by atoms with van der Waals surface area (Å²) >= 11 is 0. The number of phenols is 1. The highest BCUT2D eigenvalue weighted by Gasteiger charge is 2.06. The van der Waals surface area contributed by atoms with E-state index in [0.29, 0.717) is 11.3 Å². The molecule has 0 atom stereocenters. The van der Waals surface area contributed by atoms with Crippen LogP contribution in [0.5, 0.6) is 11.5 Å². The van der Waals surface area contributed by atoms with Crippen LogP contribution in [-0.2, 0) is 0 Å². The molecule has 2 aromatic rings. The predicted molar refractivity (Wildman–Crippen MR) is 68.4 cm³/mol. The smallest absolute Gasteiger partial charge is 0.307 e. The van der Waals surface area contributed by atoms with Crippen LogP contribution < -0.4 is 10.2 Å². The third kappa shape index (κ3) is 3.12. The Hall–Kier alpha value is -2.76. The molecule has 0 aliphatic heterocycles. The Kier molecular flexibility index (Phi) is 3.82. The fraction of sp³-hybridized carbons (Fsp3) is 0.0769. The standard InChI is InChI=1S/C13H12N2O4/c1-18-12-7-9(4-5-10(12)16)8-14-15-13(17)11-3-2-6-19-11/h2-8,16H,1H3,(H,15,17)/b14-8-. The molecular weight excluding hydrogens is 248 g/mol. The Morgan fingerprint density at radius 3 is 3.00 bits per heavy atom. The third-order valence-electron chi connectivity index (χ3n) is 2.33. The zero-order valence-corrected chi connectivity index (χ0v) is 10.2. The normalized spacial score (nSPS) is 10.6. The summed E-state index contributed by atoms with van der Waals surface area (Å²) in [5, 5.41) is 13.2. The van der Waals surface area contributed by atoms with Gasteiger partial charge in [0.05, 0.1) is 19.6 Å². The van der Waals surface area contributed by atoms with Crippen molar-refractivity contribution in [2.75, 3.05) is 7.11 Å². The van der Waals surface area contributed by atoms with Crippen LogP contribution in [0.2, 0.25) is 0 Å². The molecule has 0 bridgehead atoms. The minimum atomic E-state index is -0.438. The molecule has 1 amide bonds. The van der Waals surface area contributed by atoms with Gasteiger partial charge in [-0.25, -0.2) is 5.43 Å². The molecule has 19 heavy (non-hydrogen) atoms. The number of ether oxygens (including phenoxy) is 1. The number of hydrogen-bond acceptors (Lipinski definition) is 5. The Bertz CT molecular complexity index is 591. The van der Waals surface area contributed by atoms with Gasteiger partial charge in [0.15, 0.2) is 17.3 Å². The molecule has 6 heteroatoms. The summed E-state index contributed by atoms with van der Waals surface area (Å²) in [5.74, 6) is 0.119. The third-order valence-corrected chi connectivity index (χ3v) is 2.33. The van der Waals surface area contributed by atoms with Crippen molar-refractivity contribution < 1.29 is 19.1 Å². The highest BCUT2D eigenvalue weighted by Crippen LogP contribution is 2.25. The summed E-state index contributed by atoms with van der Waals surface area (Å²) in [6.07, 6.45) is 2.84. The number of carbonyl (C=O) groups is 1. The Balaban J connectivity index is 2.01. The van der Waals surface area contributed by atoms with E-state index in [0.717, 1.165) is 0 Å². The average molecular weight is 260 g/mol. The first-order chi connectivity index (χ1) is 9.20. The lowest BCUT2D eigenvalue weighted by Gasteiger charge is -2.03. The number of hydrogen-bond donors (Lipinski definition) is 2. The average Bonchev–Trinajstić information content (AvgIpc) is 2.94. The topological polar surface area (TPSA) is 84.1 Å². The lowest BCUT2D eigenvalue weighted by Crippen LogP contribution is -2.16. The van der Waals surface area contributed by atoms with E-state index in [2.05, 4.69) is 10.5 Å². The fourth-order valence-corrected chi connectivity index (χ4v) is 1.40. The van der Waals surface area contributed by atoms with Crippen LogP contribution in [0.4, 0.5) is 0 Å². The fourth-order valence-electron chi connectivity index (χ4n) is 1.40. The van der Waals surface area contributed by atoms with E-state index in [4.69, 9.17) is 9.15 Å². The Morgan fingerprint density at radius 1 is 1.47 bits per heavy atom. The van der Waals surface area contributed by atoms with Gasteiger partial charge in [-0.15, -0.1) is 0 Å². The van der Waals surface area contributed by atoms with Crippen LogP contribution in [0.15, 0.2) is 46.1 Å². The second kappa shape index (κ2) is 5.72. The van der Waals surface area contributed by atoms with Crippen LogP contribution >= 0.6 is 0 Å². The number of carbonyl (C=O) groups excluding carboxylic acids is 1. The van der Waals surface area contributed by atoms with Gasteiger partial charge in [0.1, 0.15) is 0 Å². The monoisotopic (exact) mass is 260 g/mol. The summed E-state index contributed by atoms with van der Waals surface area (Å²) in [5.41, 5.74) is 2.99. The van der Waals surface area contributed by atoms with E-state index < -0.39 is 5.91 Å². The first-order valence-corrected chi connectivity index (χ1v) is 5.44. The van der Waals surface area contributed by atoms with Crippen LogP contribution in [0.25, 0.3) is 0 Å². The van der Waals surface area contributed by atoms with Gasteiger partial charge in [-0.05, 0) is 35.9 Å². The highest BCUT2D eigenvalue weighted by atomic mass is 16.5. The minimum Gasteiger partial charge on any atom is -0.504 e. The van der Waals surface area contributed by atoms with E-state index >= 15 is 0 Å². The van der Waals surface area contributed by atoms with Crippen LogP contribution in [-0.4, -0.2) is 24.3 Å². The van der Waals surface area contributed by atoms with Crippen LogP contribution in [0.1, 0.15) is 16.1 Å². The molecule has 0 spiro atoms. The van der Waals surface area contributed by atoms with Crippen molar-refractivity contribution in [1.29, 1.82) is 0 Å². The van der Waals surface area contributed by atoms with Crippen molar-refractivity contribution in [3.8, 4) is 11.5 Å². The molecule has 98 valence electrons. The first-order valence-electron chi connectivity index (χ1n) is 5.44. The largest absolute Gasteiger partial charge is 0.504 e. The molecule has 0 saturated carbocycles. The summed E-state index contributed by atoms with van der Waals surface area (Å²) in [4.78, 5) is 11.5. The SMILES string of the molecule is COc1cc(/C=N\NC(=O)c2ccco2)ccc1O. The van der Waals surface area contributed by atoms with Crippen molar-refractivity contribution in [3.05, 3.63) is 47.9 Å². The van der Waals surface area contributed by atoms with E-state index in [1.807, 2.05) is 0 Å². The number of amides is 1. The molecule has 0 unspecified atom stereocenters. The van der Waals surface area contributed by atoms with Crippen molar-refractivity contribution in [2.24, 2.45) is 5.10 Å². The van der Waals surface area contributed by atoms with Gasteiger partial charge in [0.25, 0.3) is 0 Å². The van der Waals surface area contributed by atoms with E-state index in [9.17, 15) is 9.90 Å². The van der Waals surface area contributed by atoms with Gasteiger partial charge in [0.2, 0.25) is 0 Å². The number of nitrogens with zero attached hydrogens (tertiary/aromatic N) is 1. The lowest BCUT2D eigenvalue weighted by atomic mass is 10.2. The first kappa shape index (κ1) is 12.7. The molecule has 0 fully saturated rings. The predicted octanol–water partition coefficient (Wildman–Crippen LogP) is 1.76. The van der Waals surface area contributed by atoms with E-state index in [1.165, 1.54) is 31.7 Å². The van der Waals surface area contributed by atoms with Crippen molar-refractivity contribution in [1.82, 2.24) is 5.43 Å². The molecule has 2 N–H and O–H groups in total. The molecule has 1 aromatic carbocycles. The van der Waals surface area contributed by atoms with Crippen molar-refractivity contribution in [2.45, 2.75) is 0 Å². The highest BCUT2D eigenvalue weighted by molar-refractivity contribution is 5.92. The van der Waals surface area contributed by atoms with E-state index in [-0.39, 0.29) is 11.5 Å². The molecule has 0 aliphatic carbocycles. The maximum atomic E-state index is 11.5. The number of hydrazone groups is 1. The maximum absolute atomic E-state index is 11.5. The van der Waals surface area contributed by atoms with Gasteiger partial charge in [-0.1, -0.05) is 0 Å². The van der Waals surface area contributed by atoms with Crippen LogP contribution in [0, 0.1) is 0 Å². The molecular formula is C13H12N2O4. The zero-order chi connectivity index (χ0) is 13.7. The number of benzene rings is 1. The second-order valence-electron chi connectivity index (χ2n) is 3.61. The van der Waals surface area contributed by atoms with Gasteiger partial charge in [0, 0.05) is 0 Å². The number of methoxy groups -OCH3 is 1. The number of rotatable bonds is 4. The number of phenolic OH excluding ortho intramolecular Hbond substituents is 1. The molecule has 1 heterocycles. The number of nitrogens with one attached hydrogen (secondary N) is 1. The quantitative estimate of drug-likeness (QED) is 0.648. The zero-order valence-electron chi connectivity index (χ0n) is 10.2. The van der Waals surface area contributed by atoms with Crippen molar-refractivity contribution >= 4 is 12.1 Å². The van der Waals surface area contributed by atoms with Crippen LogP contribution in [0.3, 0.4) is 0 Å². The molecule has 6 nitrogen and oxygen atoms in total. The molecule has 1 aromatic heterocycles. The van der Waals surface area contributed by atoms with Crippen molar-refractivity contribution in [3.63, 3.8) is 0 Å². The summed E-state index contributed by atoms with van der Waals surface area (Å²) in [6.45, 7) is 0. The Morgan fingerprint density at radius 2 is 2.32 bits per heavy atom. The van der Waals surface area contributed by atoms with Gasteiger partial charge < -0.3 is 14.3 Å². The summed E-state index contributed by atoms with van der Waals surface area (Å²) in [7, 11) is 1.45. The molecule has 2 rings (SSSR count). The lowest BCUT2D eigenvalue weighted by molar-refractivity contribution is 0.0927. The van der Waals surface area contributed by atoms with Gasteiger partial charge in [-0.2, -0.15) is 5.10 Å².